The van der Waals surface area contributed by atoms with Gasteiger partial charge in [0.2, 0.25) is 0 Å². The normalized spacial score (nSPS) is 25.1. The number of hydrogen-bond acceptors (Lipinski definition) is 5. The Hall–Kier alpha value is -0.940. The highest BCUT2D eigenvalue weighted by atomic mass is 32.2. The van der Waals surface area contributed by atoms with Crippen molar-refractivity contribution in [2.24, 2.45) is 5.73 Å². The van der Waals surface area contributed by atoms with Crippen LogP contribution in [-0.4, -0.2) is 31.4 Å². The maximum absolute atomic E-state index is 12.7. The summed E-state index contributed by atoms with van der Waals surface area (Å²) in [5.74, 6) is 0. The first kappa shape index (κ1) is 14.5. The van der Waals surface area contributed by atoms with Crippen molar-refractivity contribution in [3.8, 4) is 6.07 Å². The van der Waals surface area contributed by atoms with Gasteiger partial charge in [-0.25, -0.2) is 8.42 Å². The number of sulfonamides is 1. The van der Waals surface area contributed by atoms with Gasteiger partial charge in [0.1, 0.15) is 15.2 Å². The molecule has 2 unspecified atom stereocenters. The van der Waals surface area contributed by atoms with Gasteiger partial charge < -0.3 is 5.73 Å². The van der Waals surface area contributed by atoms with Crippen LogP contribution >= 0.6 is 11.3 Å². The summed E-state index contributed by atoms with van der Waals surface area (Å²) in [6.45, 7) is 2.25. The van der Waals surface area contributed by atoms with Crippen molar-refractivity contribution in [1.82, 2.24) is 4.31 Å². The van der Waals surface area contributed by atoms with E-state index in [1.54, 1.807) is 6.07 Å². The topological polar surface area (TPSA) is 87.2 Å². The zero-order valence-electron chi connectivity index (χ0n) is 10.7. The Morgan fingerprint density at radius 3 is 2.84 bits per heavy atom. The standard InChI is InChI=1S/C12H17N3O2S2/c1-9-3-2-4-10(7-13)15(9)19(16,17)12-6-5-11(8-14)18-12/h5-6,9-10H,2-4,7,13H2,1H3. The lowest BCUT2D eigenvalue weighted by Crippen LogP contribution is -2.51. The Bertz CT molecular complexity index is 588. The van der Waals surface area contributed by atoms with Crippen molar-refractivity contribution < 1.29 is 8.42 Å². The lowest BCUT2D eigenvalue weighted by atomic mass is 10.00. The molecule has 0 bridgehead atoms. The predicted molar refractivity (Wildman–Crippen MR) is 74.2 cm³/mol. The smallest absolute Gasteiger partial charge is 0.253 e. The fourth-order valence-corrected chi connectivity index (χ4v) is 5.64. The molecule has 2 rings (SSSR count). The van der Waals surface area contributed by atoms with Crippen LogP contribution < -0.4 is 5.73 Å². The molecular formula is C12H17N3O2S2. The third kappa shape index (κ3) is 2.67. The zero-order chi connectivity index (χ0) is 14.0. The molecule has 7 heteroatoms. The van der Waals surface area contributed by atoms with Crippen molar-refractivity contribution in [2.45, 2.75) is 42.5 Å². The molecule has 1 saturated heterocycles. The van der Waals surface area contributed by atoms with E-state index < -0.39 is 10.0 Å². The minimum absolute atomic E-state index is 0.0417. The molecule has 0 saturated carbocycles. The zero-order valence-corrected chi connectivity index (χ0v) is 12.4. The molecule has 0 radical (unpaired) electrons. The van der Waals surface area contributed by atoms with E-state index in [0.717, 1.165) is 30.6 Å². The van der Waals surface area contributed by atoms with Crippen molar-refractivity contribution in [3.05, 3.63) is 17.0 Å². The second kappa shape index (κ2) is 5.59. The Labute approximate surface area is 117 Å². The Kier molecular flexibility index (Phi) is 4.26. The number of rotatable bonds is 3. The third-order valence-corrected chi connectivity index (χ3v) is 6.97. The molecule has 1 aliphatic rings. The molecule has 2 N–H and O–H groups in total. The lowest BCUT2D eigenvalue weighted by Gasteiger charge is -2.38. The maximum atomic E-state index is 12.7. The predicted octanol–water partition coefficient (Wildman–Crippen LogP) is 1.51. The minimum Gasteiger partial charge on any atom is -0.329 e. The molecule has 5 nitrogen and oxygen atoms in total. The van der Waals surface area contributed by atoms with Crippen LogP contribution in [0.15, 0.2) is 16.3 Å². The third-order valence-electron chi connectivity index (χ3n) is 3.45. The first-order valence-corrected chi connectivity index (χ1v) is 8.50. The Morgan fingerprint density at radius 1 is 1.53 bits per heavy atom. The molecule has 1 aromatic heterocycles. The van der Waals surface area contributed by atoms with E-state index in [0.29, 0.717) is 11.4 Å². The number of piperidine rings is 1. The average molecular weight is 299 g/mol. The van der Waals surface area contributed by atoms with Gasteiger partial charge in [0, 0.05) is 18.6 Å². The van der Waals surface area contributed by atoms with Crippen molar-refractivity contribution >= 4 is 21.4 Å². The summed E-state index contributed by atoms with van der Waals surface area (Å²) in [5, 5.41) is 8.81. The van der Waals surface area contributed by atoms with Crippen molar-refractivity contribution in [3.63, 3.8) is 0 Å². The molecular weight excluding hydrogens is 282 g/mol. The number of nitrogens with zero attached hydrogens (tertiary/aromatic N) is 2. The fourth-order valence-electron chi connectivity index (χ4n) is 2.54. The van der Waals surface area contributed by atoms with E-state index >= 15 is 0 Å². The number of nitrogens with two attached hydrogens (primary N) is 1. The first-order chi connectivity index (χ1) is 9.00. The highest BCUT2D eigenvalue weighted by Gasteiger charge is 2.37. The molecule has 104 valence electrons. The largest absolute Gasteiger partial charge is 0.329 e. The summed E-state index contributed by atoms with van der Waals surface area (Å²) in [5.41, 5.74) is 5.71. The van der Waals surface area contributed by atoms with Gasteiger partial charge >= 0.3 is 0 Å². The van der Waals surface area contributed by atoms with Crippen LogP contribution in [0.1, 0.15) is 31.1 Å². The quantitative estimate of drug-likeness (QED) is 0.916. The van der Waals surface area contributed by atoms with Crippen LogP contribution in [0.3, 0.4) is 0 Å². The average Bonchev–Trinajstić information content (AvgIpc) is 2.87. The molecule has 1 fully saturated rings. The van der Waals surface area contributed by atoms with E-state index in [1.165, 1.54) is 10.4 Å². The van der Waals surface area contributed by atoms with Gasteiger partial charge in [0.15, 0.2) is 0 Å². The summed E-state index contributed by atoms with van der Waals surface area (Å²) in [6, 6.07) is 4.84. The molecule has 2 atom stereocenters. The van der Waals surface area contributed by atoms with Gasteiger partial charge in [-0.1, -0.05) is 6.42 Å². The molecule has 2 heterocycles. The number of thiophene rings is 1. The summed E-state index contributed by atoms with van der Waals surface area (Å²) in [7, 11) is -3.54. The highest BCUT2D eigenvalue weighted by Crippen LogP contribution is 2.32. The van der Waals surface area contributed by atoms with Crippen molar-refractivity contribution in [2.75, 3.05) is 6.54 Å². The molecule has 19 heavy (non-hydrogen) atoms. The summed E-state index contributed by atoms with van der Waals surface area (Å²) in [4.78, 5) is 0.410. The van der Waals surface area contributed by atoms with E-state index in [2.05, 4.69) is 0 Å². The molecule has 1 aliphatic heterocycles. The van der Waals surface area contributed by atoms with Crippen LogP contribution in [0.25, 0.3) is 0 Å². The van der Waals surface area contributed by atoms with Crippen LogP contribution in [0.4, 0.5) is 0 Å². The van der Waals surface area contributed by atoms with E-state index in [1.807, 2.05) is 13.0 Å². The number of hydrogen-bond donors (Lipinski definition) is 1. The number of nitriles is 1. The summed E-state index contributed by atoms with van der Waals surface area (Å²) < 4.78 is 27.1. The second-order valence-corrected chi connectivity index (χ2v) is 7.89. The van der Waals surface area contributed by atoms with Gasteiger partial charge in [-0.3, -0.25) is 0 Å². The summed E-state index contributed by atoms with van der Waals surface area (Å²) >= 11 is 1.02. The maximum Gasteiger partial charge on any atom is 0.253 e. The van der Waals surface area contributed by atoms with Gasteiger partial charge in [-0.15, -0.1) is 11.3 Å². The van der Waals surface area contributed by atoms with Gasteiger partial charge in [-0.05, 0) is 31.9 Å². The SMILES string of the molecule is CC1CCCC(CN)N1S(=O)(=O)c1ccc(C#N)s1. The monoisotopic (exact) mass is 299 g/mol. The van der Waals surface area contributed by atoms with Crippen molar-refractivity contribution in [1.29, 1.82) is 5.26 Å². The molecule has 0 amide bonds. The van der Waals surface area contributed by atoms with Crippen LogP contribution in [0.5, 0.6) is 0 Å². The van der Waals surface area contributed by atoms with Crippen LogP contribution in [0.2, 0.25) is 0 Å². The molecule has 1 aromatic rings. The first-order valence-electron chi connectivity index (χ1n) is 6.24. The van der Waals surface area contributed by atoms with E-state index in [-0.39, 0.29) is 16.3 Å². The lowest BCUT2D eigenvalue weighted by molar-refractivity contribution is 0.196. The Balaban J connectivity index is 2.39. The molecule has 0 aliphatic carbocycles. The Morgan fingerprint density at radius 2 is 2.26 bits per heavy atom. The van der Waals surface area contributed by atoms with Gasteiger partial charge in [0.05, 0.1) is 0 Å². The summed E-state index contributed by atoms with van der Waals surface area (Å²) in [6.07, 6.45) is 2.66. The van der Waals surface area contributed by atoms with Crippen LogP contribution in [0, 0.1) is 11.3 Å². The molecule has 0 spiro atoms. The van der Waals surface area contributed by atoms with E-state index in [9.17, 15) is 8.42 Å². The fraction of sp³-hybridized carbons (Fsp3) is 0.583. The second-order valence-electron chi connectivity index (χ2n) is 4.73. The van der Waals surface area contributed by atoms with E-state index in [4.69, 9.17) is 11.0 Å². The minimum atomic E-state index is -3.54. The highest BCUT2D eigenvalue weighted by molar-refractivity contribution is 7.91. The van der Waals surface area contributed by atoms with Gasteiger partial charge in [0.25, 0.3) is 10.0 Å². The van der Waals surface area contributed by atoms with Crippen LogP contribution in [-0.2, 0) is 10.0 Å². The molecule has 0 aromatic carbocycles. The van der Waals surface area contributed by atoms with Gasteiger partial charge in [-0.2, -0.15) is 9.57 Å².